The molecule has 7 nitrogen and oxygen atoms in total. The zero-order valence-corrected chi connectivity index (χ0v) is 21.3. The highest BCUT2D eigenvalue weighted by molar-refractivity contribution is 7.91. The number of carbonyl (C=O) groups is 1. The lowest BCUT2D eigenvalue weighted by Gasteiger charge is -2.24. The molecule has 1 heterocycles. The van der Waals surface area contributed by atoms with Gasteiger partial charge in [0, 0.05) is 19.5 Å². The second-order valence-corrected chi connectivity index (χ2v) is 10.9. The zero-order chi connectivity index (χ0) is 24.7. The first-order valence-corrected chi connectivity index (χ1v) is 13.7. The lowest BCUT2D eigenvalue weighted by atomic mass is 10.3. The van der Waals surface area contributed by atoms with Crippen molar-refractivity contribution in [1.29, 1.82) is 0 Å². The molecule has 0 aliphatic carbocycles. The van der Waals surface area contributed by atoms with Crippen LogP contribution in [-0.2, 0) is 14.6 Å². The predicted octanol–water partition coefficient (Wildman–Crippen LogP) is 4.37. The topological polar surface area (TPSA) is 79.8 Å². The van der Waals surface area contributed by atoms with Crippen LogP contribution in [0.1, 0.15) is 26.7 Å². The maximum absolute atomic E-state index is 13.6. The molecule has 3 rings (SSSR count). The minimum atomic E-state index is -3.52. The van der Waals surface area contributed by atoms with E-state index in [-0.39, 0.29) is 35.2 Å². The molecular weight excluding hydrogens is 477 g/mol. The smallest absolute Gasteiger partial charge is 0.228 e. The summed E-state index contributed by atoms with van der Waals surface area (Å²) in [5, 5.41) is 0.496. The van der Waals surface area contributed by atoms with E-state index in [9.17, 15) is 17.6 Å². The largest absolute Gasteiger partial charge is 0.497 e. The van der Waals surface area contributed by atoms with E-state index < -0.39 is 9.84 Å². The Hall–Kier alpha value is -2.56. The molecule has 0 aliphatic heterocycles. The van der Waals surface area contributed by atoms with Crippen LogP contribution in [0.5, 0.6) is 5.75 Å². The van der Waals surface area contributed by atoms with Gasteiger partial charge in [-0.1, -0.05) is 25.2 Å². The van der Waals surface area contributed by atoms with Crippen LogP contribution in [0.2, 0.25) is 0 Å². The Kier molecular flexibility index (Phi) is 8.98. The van der Waals surface area contributed by atoms with Crippen LogP contribution >= 0.6 is 11.3 Å². The molecule has 34 heavy (non-hydrogen) atoms. The first-order valence-electron chi connectivity index (χ1n) is 11.2. The van der Waals surface area contributed by atoms with Crippen molar-refractivity contribution in [2.45, 2.75) is 31.6 Å². The van der Waals surface area contributed by atoms with Crippen LogP contribution in [0, 0.1) is 5.82 Å². The fraction of sp³-hybridized carbons (Fsp3) is 0.417. The van der Waals surface area contributed by atoms with Gasteiger partial charge >= 0.3 is 0 Å². The first-order chi connectivity index (χ1) is 16.3. The van der Waals surface area contributed by atoms with Crippen molar-refractivity contribution in [3.8, 4) is 5.75 Å². The van der Waals surface area contributed by atoms with Gasteiger partial charge in [-0.3, -0.25) is 9.69 Å². The van der Waals surface area contributed by atoms with Gasteiger partial charge in [0.2, 0.25) is 5.91 Å². The Labute approximate surface area is 204 Å². The number of nitrogens with zero attached hydrogens (tertiary/aromatic N) is 3. The highest BCUT2D eigenvalue weighted by Crippen LogP contribution is 2.30. The molecule has 10 heteroatoms. The molecule has 0 radical (unpaired) electrons. The van der Waals surface area contributed by atoms with Gasteiger partial charge in [-0.05, 0) is 62.0 Å². The molecule has 2 aromatic carbocycles. The van der Waals surface area contributed by atoms with Gasteiger partial charge in [0.1, 0.15) is 11.6 Å². The third kappa shape index (κ3) is 6.52. The number of aromatic nitrogens is 1. The molecular formula is C24H30FN3O4S2. The summed E-state index contributed by atoms with van der Waals surface area (Å²) in [6.07, 6.45) is 0.256. The van der Waals surface area contributed by atoms with Crippen molar-refractivity contribution >= 4 is 42.4 Å². The molecule has 0 fully saturated rings. The standard InChI is InChI=1S/C24H30FN3O4S2/c1-4-27(5-2)14-15-28(24-26-21-13-8-18(25)17-22(21)33-24)23(29)7-6-16-34(30,31)20-11-9-19(32-3)10-12-20/h8-13,17H,4-7,14-16H2,1-3H3. The fourth-order valence-electron chi connectivity index (χ4n) is 3.56. The normalized spacial score (nSPS) is 11.8. The summed E-state index contributed by atoms with van der Waals surface area (Å²) in [6.45, 7) is 6.90. The average Bonchev–Trinajstić information content (AvgIpc) is 3.24. The number of thiazole rings is 1. The fourth-order valence-corrected chi connectivity index (χ4v) is 5.90. The van der Waals surface area contributed by atoms with Crippen LogP contribution in [0.15, 0.2) is 47.4 Å². The van der Waals surface area contributed by atoms with Crippen LogP contribution in [0.3, 0.4) is 0 Å². The molecule has 0 N–H and O–H groups in total. The second-order valence-electron chi connectivity index (χ2n) is 7.78. The zero-order valence-electron chi connectivity index (χ0n) is 19.7. The quantitative estimate of drug-likeness (QED) is 0.362. The van der Waals surface area contributed by atoms with Gasteiger partial charge in [-0.15, -0.1) is 0 Å². The number of amides is 1. The van der Waals surface area contributed by atoms with Crippen molar-refractivity contribution < 1.29 is 22.3 Å². The summed E-state index contributed by atoms with van der Waals surface area (Å²) in [5.41, 5.74) is 0.629. The lowest BCUT2D eigenvalue weighted by Crippen LogP contribution is -2.38. The van der Waals surface area contributed by atoms with Crippen molar-refractivity contribution in [1.82, 2.24) is 9.88 Å². The Balaban J connectivity index is 1.72. The second kappa shape index (κ2) is 11.7. The number of methoxy groups -OCH3 is 1. The monoisotopic (exact) mass is 507 g/mol. The third-order valence-corrected chi connectivity index (χ3v) is 8.49. The number of hydrogen-bond donors (Lipinski definition) is 0. The van der Waals surface area contributed by atoms with Crippen LogP contribution in [0.4, 0.5) is 9.52 Å². The highest BCUT2D eigenvalue weighted by Gasteiger charge is 2.22. The van der Waals surface area contributed by atoms with Crippen molar-refractivity contribution in [2.75, 3.05) is 43.9 Å². The van der Waals surface area contributed by atoms with E-state index in [1.54, 1.807) is 23.1 Å². The van der Waals surface area contributed by atoms with Crippen molar-refractivity contribution in [3.63, 3.8) is 0 Å². The molecule has 0 spiro atoms. The van der Waals surface area contributed by atoms with Gasteiger partial charge in [-0.25, -0.2) is 17.8 Å². The van der Waals surface area contributed by atoms with E-state index >= 15 is 0 Å². The Bertz CT molecular complexity index is 1210. The van der Waals surface area contributed by atoms with Gasteiger partial charge in [0.15, 0.2) is 15.0 Å². The van der Waals surface area contributed by atoms with Gasteiger partial charge in [-0.2, -0.15) is 0 Å². The maximum atomic E-state index is 13.6. The number of rotatable bonds is 12. The molecule has 0 saturated heterocycles. The van der Waals surface area contributed by atoms with Crippen molar-refractivity contribution in [2.24, 2.45) is 0 Å². The minimum Gasteiger partial charge on any atom is -0.497 e. The number of benzene rings is 2. The molecule has 0 unspecified atom stereocenters. The summed E-state index contributed by atoms with van der Waals surface area (Å²) < 4.78 is 44.7. The molecule has 184 valence electrons. The van der Waals surface area contributed by atoms with Gasteiger partial charge in [0.25, 0.3) is 0 Å². The number of carbonyl (C=O) groups excluding carboxylic acids is 1. The lowest BCUT2D eigenvalue weighted by molar-refractivity contribution is -0.118. The Morgan fingerprint density at radius 1 is 1.09 bits per heavy atom. The Morgan fingerprint density at radius 2 is 1.79 bits per heavy atom. The molecule has 0 aliphatic rings. The van der Waals surface area contributed by atoms with Crippen LogP contribution in [0.25, 0.3) is 10.2 Å². The summed E-state index contributed by atoms with van der Waals surface area (Å²) in [6, 6.07) is 10.6. The van der Waals surface area contributed by atoms with Gasteiger partial charge in [0.05, 0.1) is 28.0 Å². The Morgan fingerprint density at radius 3 is 2.44 bits per heavy atom. The van der Waals surface area contributed by atoms with E-state index in [0.717, 1.165) is 13.1 Å². The number of sulfone groups is 1. The van der Waals surface area contributed by atoms with Crippen LogP contribution < -0.4 is 9.64 Å². The SMILES string of the molecule is CCN(CC)CCN(C(=O)CCCS(=O)(=O)c1ccc(OC)cc1)c1nc2ccc(F)cc2s1. The maximum Gasteiger partial charge on any atom is 0.228 e. The van der Waals surface area contributed by atoms with E-state index in [1.807, 2.05) is 0 Å². The molecule has 0 bridgehead atoms. The van der Waals surface area contributed by atoms with E-state index in [1.165, 1.54) is 42.7 Å². The number of fused-ring (bicyclic) bond motifs is 1. The number of halogens is 1. The van der Waals surface area contributed by atoms with Crippen molar-refractivity contribution in [3.05, 3.63) is 48.3 Å². The summed E-state index contributed by atoms with van der Waals surface area (Å²) >= 11 is 1.26. The van der Waals surface area contributed by atoms with E-state index in [4.69, 9.17) is 4.74 Å². The summed E-state index contributed by atoms with van der Waals surface area (Å²) in [4.78, 5) is 21.7. The molecule has 3 aromatic rings. The first kappa shape index (κ1) is 26.1. The van der Waals surface area contributed by atoms with Crippen LogP contribution in [-0.4, -0.2) is 63.3 Å². The minimum absolute atomic E-state index is 0.0674. The molecule has 0 atom stereocenters. The number of hydrogen-bond acceptors (Lipinski definition) is 7. The van der Waals surface area contributed by atoms with E-state index in [0.29, 0.717) is 34.2 Å². The predicted molar refractivity (Wildman–Crippen MR) is 134 cm³/mol. The highest BCUT2D eigenvalue weighted by atomic mass is 32.2. The third-order valence-electron chi connectivity index (χ3n) is 5.63. The molecule has 1 aromatic heterocycles. The summed E-state index contributed by atoms with van der Waals surface area (Å²) in [5.74, 6) is -0.113. The molecule has 0 saturated carbocycles. The number of anilines is 1. The average molecular weight is 508 g/mol. The number of ether oxygens (including phenoxy) is 1. The number of likely N-dealkylation sites (N-methyl/N-ethyl adjacent to an activating group) is 1. The van der Waals surface area contributed by atoms with E-state index in [2.05, 4.69) is 23.7 Å². The molecule has 1 amide bonds. The summed E-state index contributed by atoms with van der Waals surface area (Å²) in [7, 11) is -2.00. The van der Waals surface area contributed by atoms with Gasteiger partial charge < -0.3 is 9.64 Å².